The number of nitrogens with zero attached hydrogens (tertiary/aromatic N) is 1. The summed E-state index contributed by atoms with van der Waals surface area (Å²) in [4.78, 5) is 13.7. The third-order valence-electron chi connectivity index (χ3n) is 4.84. The third-order valence-corrected chi connectivity index (χ3v) is 7.50. The second kappa shape index (κ2) is 8.46. The number of amides is 1. The van der Waals surface area contributed by atoms with Crippen LogP contribution in [0.5, 0.6) is 0 Å². The highest BCUT2D eigenvalue weighted by molar-refractivity contribution is 7.98. The number of carbonyl (C=O) groups is 1. The van der Waals surface area contributed by atoms with E-state index in [4.69, 9.17) is 0 Å². The minimum Gasteiger partial charge on any atom is -0.322 e. The summed E-state index contributed by atoms with van der Waals surface area (Å²) in [5.41, 5.74) is 1.13. The molecule has 1 N–H and O–H groups in total. The molecule has 0 atom stereocenters. The molecule has 7 heteroatoms. The zero-order chi connectivity index (χ0) is 19.4. The third kappa shape index (κ3) is 4.72. The van der Waals surface area contributed by atoms with Gasteiger partial charge >= 0.3 is 0 Å². The first-order chi connectivity index (χ1) is 12.9. The first-order valence-electron chi connectivity index (χ1n) is 8.96. The smallest absolute Gasteiger partial charge is 0.255 e. The van der Waals surface area contributed by atoms with Crippen LogP contribution in [-0.4, -0.2) is 38.0 Å². The molecule has 144 valence electrons. The van der Waals surface area contributed by atoms with Crippen LogP contribution in [0.2, 0.25) is 0 Å². The maximum Gasteiger partial charge on any atom is 0.255 e. The Balaban J connectivity index is 1.68. The molecule has 1 aliphatic rings. The van der Waals surface area contributed by atoms with E-state index in [1.807, 2.05) is 18.4 Å². The summed E-state index contributed by atoms with van der Waals surface area (Å²) < 4.78 is 27.0. The minimum atomic E-state index is -3.47. The summed E-state index contributed by atoms with van der Waals surface area (Å²) in [6.07, 6.45) is 3.76. The number of benzene rings is 2. The number of sulfonamides is 1. The number of anilines is 1. The van der Waals surface area contributed by atoms with Crippen LogP contribution in [0.4, 0.5) is 5.69 Å². The molecule has 5 nitrogen and oxygen atoms in total. The van der Waals surface area contributed by atoms with Crippen molar-refractivity contribution in [2.75, 3.05) is 24.7 Å². The van der Waals surface area contributed by atoms with E-state index < -0.39 is 10.0 Å². The molecule has 0 unspecified atom stereocenters. The zero-order valence-electron chi connectivity index (χ0n) is 15.5. The monoisotopic (exact) mass is 404 g/mol. The molecular formula is C20H24N2O3S2. The molecule has 0 aromatic heterocycles. The van der Waals surface area contributed by atoms with Gasteiger partial charge in [0.15, 0.2) is 0 Å². The molecule has 1 fully saturated rings. The Bertz CT molecular complexity index is 886. The van der Waals surface area contributed by atoms with Crippen molar-refractivity contribution < 1.29 is 13.2 Å². The molecule has 1 heterocycles. The van der Waals surface area contributed by atoms with Gasteiger partial charge < -0.3 is 5.32 Å². The van der Waals surface area contributed by atoms with Gasteiger partial charge in [-0.15, -0.1) is 11.8 Å². The van der Waals surface area contributed by atoms with Gasteiger partial charge in [0.25, 0.3) is 5.91 Å². The van der Waals surface area contributed by atoms with Gasteiger partial charge in [-0.25, -0.2) is 8.42 Å². The molecule has 27 heavy (non-hydrogen) atoms. The summed E-state index contributed by atoms with van der Waals surface area (Å²) in [6.45, 7) is 3.28. The van der Waals surface area contributed by atoms with Crippen LogP contribution in [0.3, 0.4) is 0 Å². The van der Waals surface area contributed by atoms with Crippen molar-refractivity contribution in [2.24, 2.45) is 5.92 Å². The van der Waals surface area contributed by atoms with Crippen molar-refractivity contribution in [2.45, 2.75) is 29.6 Å². The molecule has 1 amide bonds. The van der Waals surface area contributed by atoms with E-state index in [2.05, 4.69) is 12.2 Å². The molecule has 0 radical (unpaired) electrons. The molecule has 0 bridgehead atoms. The maximum absolute atomic E-state index is 12.7. The van der Waals surface area contributed by atoms with E-state index in [9.17, 15) is 13.2 Å². The van der Waals surface area contributed by atoms with Crippen LogP contribution in [0.15, 0.2) is 58.3 Å². The Morgan fingerprint density at radius 2 is 1.63 bits per heavy atom. The fraction of sp³-hybridized carbons (Fsp3) is 0.350. The second-order valence-electron chi connectivity index (χ2n) is 6.79. The van der Waals surface area contributed by atoms with Crippen LogP contribution in [0, 0.1) is 5.92 Å². The second-order valence-corrected chi connectivity index (χ2v) is 9.61. The van der Waals surface area contributed by atoms with Crippen LogP contribution in [-0.2, 0) is 10.0 Å². The van der Waals surface area contributed by atoms with E-state index in [1.54, 1.807) is 52.5 Å². The molecule has 0 aliphatic carbocycles. The molecule has 0 spiro atoms. The van der Waals surface area contributed by atoms with Crippen molar-refractivity contribution in [1.82, 2.24) is 4.31 Å². The normalized spacial score (nSPS) is 16.2. The average molecular weight is 405 g/mol. The quantitative estimate of drug-likeness (QED) is 0.763. The van der Waals surface area contributed by atoms with Crippen molar-refractivity contribution in [3.8, 4) is 0 Å². The molecule has 1 aliphatic heterocycles. The van der Waals surface area contributed by atoms with Crippen LogP contribution in [0.1, 0.15) is 30.1 Å². The fourth-order valence-electron chi connectivity index (χ4n) is 3.03. The van der Waals surface area contributed by atoms with Gasteiger partial charge in [-0.2, -0.15) is 4.31 Å². The molecular weight excluding hydrogens is 380 g/mol. The summed E-state index contributed by atoms with van der Waals surface area (Å²) in [5, 5.41) is 2.81. The Morgan fingerprint density at radius 1 is 1.04 bits per heavy atom. The largest absolute Gasteiger partial charge is 0.322 e. The van der Waals surface area contributed by atoms with E-state index in [0.29, 0.717) is 30.3 Å². The van der Waals surface area contributed by atoms with Gasteiger partial charge in [0.05, 0.1) is 4.90 Å². The van der Waals surface area contributed by atoms with Crippen LogP contribution in [0.25, 0.3) is 0 Å². The van der Waals surface area contributed by atoms with Gasteiger partial charge in [0, 0.05) is 29.2 Å². The van der Waals surface area contributed by atoms with Gasteiger partial charge in [0.2, 0.25) is 10.0 Å². The summed E-state index contributed by atoms with van der Waals surface area (Å²) >= 11 is 1.62. The Morgan fingerprint density at radius 3 is 2.19 bits per heavy atom. The first-order valence-corrected chi connectivity index (χ1v) is 11.6. The van der Waals surface area contributed by atoms with Gasteiger partial charge in [-0.1, -0.05) is 6.92 Å². The predicted octanol–water partition coefficient (Wildman–Crippen LogP) is 4.08. The highest BCUT2D eigenvalue weighted by Crippen LogP contribution is 2.24. The highest BCUT2D eigenvalue weighted by Gasteiger charge is 2.27. The molecule has 0 saturated carbocycles. The van der Waals surface area contributed by atoms with Crippen molar-refractivity contribution in [3.05, 3.63) is 54.1 Å². The number of rotatable bonds is 5. The van der Waals surface area contributed by atoms with Gasteiger partial charge in [-0.3, -0.25) is 4.79 Å². The Kier molecular flexibility index (Phi) is 6.24. The standard InChI is InChI=1S/C20H24N2O3S2/c1-15-11-13-22(14-12-15)27(24,25)19-9-5-17(6-10-19)21-20(23)16-3-7-18(26-2)8-4-16/h3-10,15H,11-14H2,1-2H3,(H,21,23). The lowest BCUT2D eigenvalue weighted by Crippen LogP contribution is -2.37. The van der Waals surface area contributed by atoms with E-state index in [-0.39, 0.29) is 10.8 Å². The number of thioether (sulfide) groups is 1. The fourth-order valence-corrected chi connectivity index (χ4v) is 4.91. The molecule has 2 aromatic carbocycles. The van der Waals surface area contributed by atoms with E-state index in [0.717, 1.165) is 17.7 Å². The summed E-state index contributed by atoms with van der Waals surface area (Å²) in [5.74, 6) is 0.349. The predicted molar refractivity (Wildman–Crippen MR) is 110 cm³/mol. The first kappa shape index (κ1) is 19.9. The minimum absolute atomic E-state index is 0.219. The van der Waals surface area contributed by atoms with Crippen LogP contribution >= 0.6 is 11.8 Å². The SMILES string of the molecule is CSc1ccc(C(=O)Nc2ccc(S(=O)(=O)N3CCC(C)CC3)cc2)cc1. The van der Waals surface area contributed by atoms with Crippen molar-refractivity contribution >= 4 is 33.4 Å². The summed E-state index contributed by atoms with van der Waals surface area (Å²) in [7, 11) is -3.47. The highest BCUT2D eigenvalue weighted by atomic mass is 32.2. The molecule has 1 saturated heterocycles. The van der Waals surface area contributed by atoms with E-state index >= 15 is 0 Å². The Labute approximate surface area is 165 Å². The van der Waals surface area contributed by atoms with Crippen LogP contribution < -0.4 is 5.32 Å². The number of hydrogen-bond donors (Lipinski definition) is 1. The van der Waals surface area contributed by atoms with Crippen molar-refractivity contribution in [3.63, 3.8) is 0 Å². The lowest BCUT2D eigenvalue weighted by molar-refractivity contribution is 0.102. The molecule has 2 aromatic rings. The van der Waals surface area contributed by atoms with Crippen molar-refractivity contribution in [1.29, 1.82) is 0 Å². The van der Waals surface area contributed by atoms with Gasteiger partial charge in [-0.05, 0) is 73.5 Å². The number of hydrogen-bond acceptors (Lipinski definition) is 4. The average Bonchev–Trinajstić information content (AvgIpc) is 2.69. The lowest BCUT2D eigenvalue weighted by Gasteiger charge is -2.29. The number of nitrogens with one attached hydrogen (secondary N) is 1. The molecule has 3 rings (SSSR count). The maximum atomic E-state index is 12.7. The van der Waals surface area contributed by atoms with E-state index in [1.165, 1.54) is 0 Å². The summed E-state index contributed by atoms with van der Waals surface area (Å²) in [6, 6.07) is 13.7. The lowest BCUT2D eigenvalue weighted by atomic mass is 10.0. The Hall–Kier alpha value is -1.83. The topological polar surface area (TPSA) is 66.5 Å². The number of carbonyl (C=O) groups excluding carboxylic acids is 1. The number of piperidine rings is 1. The zero-order valence-corrected chi connectivity index (χ0v) is 17.1. The van der Waals surface area contributed by atoms with Gasteiger partial charge in [0.1, 0.15) is 0 Å².